The summed E-state index contributed by atoms with van der Waals surface area (Å²) in [5.41, 5.74) is 4.24. The Labute approximate surface area is 364 Å². The summed E-state index contributed by atoms with van der Waals surface area (Å²) in [7, 11) is 0.528. The predicted octanol–water partition coefficient (Wildman–Crippen LogP) is 8.78. The van der Waals surface area contributed by atoms with E-state index in [1.807, 2.05) is 146 Å². The SMILES string of the molecule is COc1ccc([C@@H]2OC[C@H]3O[C@H](OCc4ccccc4)[C@H](NC(=O)c4ccccc4P(c4ccccc4)c4ccccc4)[C@@H](OC(c4ccccc4)c4ccccc4)[C@@H]3O2)cc1. The minimum atomic E-state index is -1.11. The Balaban J connectivity index is 1.14. The molecule has 2 saturated heterocycles. The van der Waals surface area contributed by atoms with Crippen LogP contribution in [-0.4, -0.2) is 50.3 Å². The topological polar surface area (TPSA) is 84.5 Å². The highest BCUT2D eigenvalue weighted by Crippen LogP contribution is 2.40. The average Bonchev–Trinajstić information content (AvgIpc) is 3.34. The summed E-state index contributed by atoms with van der Waals surface area (Å²) in [6.45, 7) is 0.443. The van der Waals surface area contributed by atoms with E-state index in [1.54, 1.807) is 7.11 Å². The molecule has 62 heavy (non-hydrogen) atoms. The lowest BCUT2D eigenvalue weighted by Crippen LogP contribution is -2.67. The third-order valence-electron chi connectivity index (χ3n) is 11.2. The van der Waals surface area contributed by atoms with Crippen LogP contribution in [0.2, 0.25) is 0 Å². The van der Waals surface area contributed by atoms with E-state index in [9.17, 15) is 0 Å². The smallest absolute Gasteiger partial charge is 0.252 e. The van der Waals surface area contributed by atoms with Gasteiger partial charge in [0.1, 0.15) is 36.2 Å². The molecule has 7 aromatic carbocycles. The van der Waals surface area contributed by atoms with Crippen molar-refractivity contribution in [1.29, 1.82) is 0 Å². The van der Waals surface area contributed by atoms with Crippen molar-refractivity contribution in [1.82, 2.24) is 5.32 Å². The van der Waals surface area contributed by atoms with Crippen LogP contribution >= 0.6 is 7.92 Å². The number of carbonyl (C=O) groups is 1. The quantitative estimate of drug-likeness (QED) is 0.110. The predicted molar refractivity (Wildman–Crippen MR) is 242 cm³/mol. The number of carbonyl (C=O) groups excluding carboxylic acids is 1. The number of rotatable bonds is 14. The highest BCUT2D eigenvalue weighted by atomic mass is 31.1. The van der Waals surface area contributed by atoms with Crippen LogP contribution in [0, 0.1) is 0 Å². The van der Waals surface area contributed by atoms with Crippen molar-refractivity contribution in [3.8, 4) is 5.75 Å². The third kappa shape index (κ3) is 9.42. The molecule has 0 spiro atoms. The Morgan fingerprint density at radius 1 is 0.661 bits per heavy atom. The highest BCUT2D eigenvalue weighted by molar-refractivity contribution is 7.80. The molecule has 6 atom stereocenters. The van der Waals surface area contributed by atoms with Gasteiger partial charge in [0.15, 0.2) is 12.6 Å². The zero-order chi connectivity index (χ0) is 42.1. The summed E-state index contributed by atoms with van der Waals surface area (Å²) in [5.74, 6) is 0.450. The molecular weight excluding hydrogens is 794 g/mol. The van der Waals surface area contributed by atoms with Crippen molar-refractivity contribution in [2.75, 3.05) is 13.7 Å². The van der Waals surface area contributed by atoms with Gasteiger partial charge in [-0.05, 0) is 58.7 Å². The first-order chi connectivity index (χ1) is 30.6. The molecule has 2 heterocycles. The standard InChI is InChI=1S/C53H48NO7P/c1-56-41-33-31-40(32-34-41)52-58-36-45-49(61-52)50(60-48(38-21-9-3-10-22-38)39-23-11-4-12-24-39)47(53(59-45)57-35-37-19-7-2-8-20-37)54-51(55)44-29-17-18-30-46(44)62(42-25-13-5-14-26-42)43-27-15-6-16-28-43/h2-34,45,47-50,52-53H,35-36H2,1H3,(H,54,55)/t45-,47-,49-,50-,52-,53+/m1/s1. The van der Waals surface area contributed by atoms with Crippen molar-refractivity contribution >= 4 is 29.7 Å². The number of benzene rings is 7. The van der Waals surface area contributed by atoms with Gasteiger partial charge in [0.2, 0.25) is 0 Å². The summed E-state index contributed by atoms with van der Waals surface area (Å²) >= 11 is 0. The van der Waals surface area contributed by atoms with Gasteiger partial charge >= 0.3 is 0 Å². The number of methoxy groups -OCH3 is 1. The van der Waals surface area contributed by atoms with Gasteiger partial charge in [-0.15, -0.1) is 0 Å². The Morgan fingerprint density at radius 3 is 1.81 bits per heavy atom. The van der Waals surface area contributed by atoms with Crippen LogP contribution in [0.15, 0.2) is 200 Å². The number of amides is 1. The number of hydrogen-bond acceptors (Lipinski definition) is 7. The summed E-state index contributed by atoms with van der Waals surface area (Å²) in [4.78, 5) is 15.3. The molecule has 9 rings (SSSR count). The molecule has 2 fully saturated rings. The first kappa shape index (κ1) is 41.4. The van der Waals surface area contributed by atoms with E-state index in [1.165, 1.54) is 0 Å². The zero-order valence-electron chi connectivity index (χ0n) is 34.3. The van der Waals surface area contributed by atoms with Gasteiger partial charge in [0.05, 0.1) is 20.3 Å². The first-order valence-corrected chi connectivity index (χ1v) is 22.2. The minimum Gasteiger partial charge on any atom is -0.497 e. The zero-order valence-corrected chi connectivity index (χ0v) is 35.2. The lowest BCUT2D eigenvalue weighted by Gasteiger charge is -2.50. The molecule has 1 amide bonds. The van der Waals surface area contributed by atoms with Gasteiger partial charge in [0.25, 0.3) is 5.91 Å². The van der Waals surface area contributed by atoms with Crippen LogP contribution in [0.4, 0.5) is 0 Å². The molecule has 8 nitrogen and oxygen atoms in total. The Bertz CT molecular complexity index is 2400. The largest absolute Gasteiger partial charge is 0.497 e. The van der Waals surface area contributed by atoms with Gasteiger partial charge in [0, 0.05) is 11.1 Å². The van der Waals surface area contributed by atoms with E-state index >= 15 is 4.79 Å². The fourth-order valence-electron chi connectivity index (χ4n) is 8.15. The van der Waals surface area contributed by atoms with Gasteiger partial charge < -0.3 is 33.7 Å². The van der Waals surface area contributed by atoms with Crippen molar-refractivity contribution < 1.29 is 33.2 Å². The second kappa shape index (κ2) is 19.8. The third-order valence-corrected chi connectivity index (χ3v) is 13.7. The Hall–Kier alpha value is -5.96. The monoisotopic (exact) mass is 841 g/mol. The molecule has 0 aromatic heterocycles. The molecule has 2 aliphatic rings. The lowest BCUT2D eigenvalue weighted by atomic mass is 9.93. The van der Waals surface area contributed by atoms with E-state index in [4.69, 9.17) is 28.4 Å². The van der Waals surface area contributed by atoms with Gasteiger partial charge in [-0.25, -0.2) is 0 Å². The van der Waals surface area contributed by atoms with Crippen molar-refractivity contribution in [3.63, 3.8) is 0 Å². The number of fused-ring (bicyclic) bond motifs is 1. The molecular formula is C53H48NO7P. The molecule has 0 aliphatic carbocycles. The molecule has 2 aliphatic heterocycles. The van der Waals surface area contributed by atoms with Crippen LogP contribution in [0.3, 0.4) is 0 Å². The Kier molecular flexibility index (Phi) is 13.2. The maximum Gasteiger partial charge on any atom is 0.252 e. The maximum absolute atomic E-state index is 15.3. The van der Waals surface area contributed by atoms with E-state index in [2.05, 4.69) is 59.9 Å². The van der Waals surface area contributed by atoms with Gasteiger partial charge in [-0.3, -0.25) is 4.79 Å². The first-order valence-electron chi connectivity index (χ1n) is 20.9. The van der Waals surface area contributed by atoms with Crippen molar-refractivity contribution in [2.24, 2.45) is 0 Å². The van der Waals surface area contributed by atoms with E-state index in [0.717, 1.165) is 43.9 Å². The number of hydrogen-bond donors (Lipinski definition) is 1. The summed E-state index contributed by atoms with van der Waals surface area (Å²) < 4.78 is 39.7. The maximum atomic E-state index is 15.3. The summed E-state index contributed by atoms with van der Waals surface area (Å²) in [6, 6.07) is 65.6. The summed E-state index contributed by atoms with van der Waals surface area (Å²) in [6.07, 6.45) is -4.27. The fraction of sp³-hybridized carbons (Fsp3) is 0.189. The van der Waals surface area contributed by atoms with Crippen molar-refractivity contribution in [2.45, 2.75) is 49.6 Å². The molecule has 7 aromatic rings. The van der Waals surface area contributed by atoms with Crippen LogP contribution in [-0.2, 0) is 30.3 Å². The fourth-order valence-corrected chi connectivity index (χ4v) is 10.6. The van der Waals surface area contributed by atoms with Crippen LogP contribution in [0.5, 0.6) is 5.75 Å². The molecule has 312 valence electrons. The van der Waals surface area contributed by atoms with Crippen LogP contribution in [0.25, 0.3) is 0 Å². The summed E-state index contributed by atoms with van der Waals surface area (Å²) in [5, 5.41) is 6.64. The second-order valence-corrected chi connectivity index (χ2v) is 17.4. The molecule has 0 bridgehead atoms. The van der Waals surface area contributed by atoms with Crippen LogP contribution < -0.4 is 26.0 Å². The van der Waals surface area contributed by atoms with Gasteiger partial charge in [-0.2, -0.15) is 0 Å². The lowest BCUT2D eigenvalue weighted by molar-refractivity contribution is -0.352. The number of nitrogens with one attached hydrogen (secondary N) is 1. The van der Waals surface area contributed by atoms with E-state index < -0.39 is 51.0 Å². The highest BCUT2D eigenvalue weighted by Gasteiger charge is 2.53. The normalized spacial score (nSPS) is 21.0. The average molecular weight is 842 g/mol. The molecule has 0 radical (unpaired) electrons. The number of ether oxygens (including phenoxy) is 6. The molecule has 9 heteroatoms. The van der Waals surface area contributed by atoms with Gasteiger partial charge in [-0.1, -0.05) is 182 Å². The minimum absolute atomic E-state index is 0.204. The Morgan fingerprint density at radius 2 is 1.21 bits per heavy atom. The molecule has 1 N–H and O–H groups in total. The molecule has 0 saturated carbocycles. The van der Waals surface area contributed by atoms with Crippen molar-refractivity contribution in [3.05, 3.63) is 228 Å². The second-order valence-electron chi connectivity index (χ2n) is 15.2. The van der Waals surface area contributed by atoms with Crippen LogP contribution in [0.1, 0.15) is 45.0 Å². The van der Waals surface area contributed by atoms with E-state index in [-0.39, 0.29) is 19.1 Å². The van der Waals surface area contributed by atoms with E-state index in [0.29, 0.717) is 5.56 Å². The molecule has 0 unspecified atom stereocenters.